The first kappa shape index (κ1) is 27.2. The number of benzene rings is 1. The van der Waals surface area contributed by atoms with Crippen LogP contribution in [0.4, 0.5) is 0 Å². The van der Waals surface area contributed by atoms with Crippen LogP contribution in [-0.2, 0) is 9.47 Å². The molecule has 0 atom stereocenters. The summed E-state index contributed by atoms with van der Waals surface area (Å²) in [5, 5.41) is 0. The average molecular weight is 433 g/mol. The molecule has 0 unspecified atom stereocenters. The number of carbonyl (C=O) groups is 2. The lowest BCUT2D eigenvalue weighted by Gasteiger charge is -2.10. The monoisotopic (exact) mass is 432 g/mol. The van der Waals surface area contributed by atoms with Crippen molar-refractivity contribution in [1.82, 2.24) is 0 Å². The first-order valence-corrected chi connectivity index (χ1v) is 12.5. The Morgan fingerprint density at radius 3 is 1.55 bits per heavy atom. The lowest BCUT2D eigenvalue weighted by Crippen LogP contribution is -2.15. The maximum Gasteiger partial charge on any atom is 0.339 e. The summed E-state index contributed by atoms with van der Waals surface area (Å²) in [6.07, 6.45) is 16.0. The summed E-state index contributed by atoms with van der Waals surface area (Å²) in [5.74, 6) is -0.443. The van der Waals surface area contributed by atoms with Crippen molar-refractivity contribution in [3.8, 4) is 0 Å². The Morgan fingerprint density at radius 2 is 1.10 bits per heavy atom. The van der Waals surface area contributed by atoms with Crippen LogP contribution in [0.5, 0.6) is 0 Å². The normalized spacial score (nSPS) is 11.0. The molecule has 0 radical (unpaired) electrons. The van der Waals surface area contributed by atoms with E-state index in [4.69, 9.17) is 9.47 Å². The first-order valence-electron chi connectivity index (χ1n) is 12.5. The van der Waals surface area contributed by atoms with E-state index in [9.17, 15) is 9.59 Å². The number of esters is 2. The van der Waals surface area contributed by atoms with Crippen molar-refractivity contribution >= 4 is 11.9 Å². The molecule has 0 saturated carbocycles. The van der Waals surface area contributed by atoms with Gasteiger partial charge in [0.2, 0.25) is 0 Å². The van der Waals surface area contributed by atoms with Crippen LogP contribution in [0.25, 0.3) is 0 Å². The predicted octanol–water partition coefficient (Wildman–Crippen LogP) is 7.75. The Hall–Kier alpha value is -1.84. The fourth-order valence-electron chi connectivity index (χ4n) is 3.49. The van der Waals surface area contributed by atoms with E-state index in [0.717, 1.165) is 19.3 Å². The number of unbranched alkanes of at least 4 members (excludes halogenated alkanes) is 11. The highest BCUT2D eigenvalue weighted by molar-refractivity contribution is 6.03. The Kier molecular flexibility index (Phi) is 15.6. The summed E-state index contributed by atoms with van der Waals surface area (Å²) in [6, 6.07) is 6.73. The third-order valence-electron chi connectivity index (χ3n) is 5.53. The lowest BCUT2D eigenvalue weighted by atomic mass is 10.1. The lowest BCUT2D eigenvalue weighted by molar-refractivity contribution is 0.0445. The number of rotatable bonds is 18. The third-order valence-corrected chi connectivity index (χ3v) is 5.53. The highest BCUT2D eigenvalue weighted by atomic mass is 16.5. The van der Waals surface area contributed by atoms with E-state index < -0.39 is 11.9 Å². The Labute approximate surface area is 190 Å². The number of carbonyl (C=O) groups excluding carboxylic acids is 2. The molecule has 1 rings (SSSR count). The predicted molar refractivity (Wildman–Crippen MR) is 128 cm³/mol. The van der Waals surface area contributed by atoms with Gasteiger partial charge in [0, 0.05) is 0 Å². The molecule has 1 aromatic carbocycles. The van der Waals surface area contributed by atoms with E-state index in [2.05, 4.69) is 20.8 Å². The van der Waals surface area contributed by atoms with Crippen LogP contribution in [-0.4, -0.2) is 25.2 Å². The van der Waals surface area contributed by atoms with Crippen molar-refractivity contribution in [2.45, 2.75) is 104 Å². The minimum Gasteiger partial charge on any atom is -0.462 e. The van der Waals surface area contributed by atoms with Crippen molar-refractivity contribution in [2.75, 3.05) is 13.2 Å². The molecule has 0 bridgehead atoms. The molecule has 0 aliphatic rings. The highest BCUT2D eigenvalue weighted by Crippen LogP contribution is 2.14. The van der Waals surface area contributed by atoms with Gasteiger partial charge in [0.25, 0.3) is 0 Å². The molecular weight excluding hydrogens is 388 g/mol. The van der Waals surface area contributed by atoms with Gasteiger partial charge in [-0.15, -0.1) is 0 Å². The topological polar surface area (TPSA) is 52.6 Å². The van der Waals surface area contributed by atoms with Crippen LogP contribution in [0.15, 0.2) is 24.3 Å². The highest BCUT2D eigenvalue weighted by Gasteiger charge is 2.18. The van der Waals surface area contributed by atoms with Crippen molar-refractivity contribution < 1.29 is 19.1 Å². The molecule has 0 amide bonds. The minimum absolute atomic E-state index is 0.283. The third kappa shape index (κ3) is 13.2. The molecule has 0 aromatic heterocycles. The van der Waals surface area contributed by atoms with E-state index in [1.807, 2.05) is 0 Å². The van der Waals surface area contributed by atoms with Gasteiger partial charge in [0.15, 0.2) is 0 Å². The molecule has 4 nitrogen and oxygen atoms in total. The molecule has 176 valence electrons. The molecule has 0 fully saturated rings. The van der Waals surface area contributed by atoms with Crippen molar-refractivity contribution in [2.24, 2.45) is 5.92 Å². The molecule has 4 heteroatoms. The Bertz CT molecular complexity index is 609. The van der Waals surface area contributed by atoms with Crippen LogP contribution in [0.2, 0.25) is 0 Å². The molecule has 0 heterocycles. The fraction of sp³-hybridized carbons (Fsp3) is 0.704. The van der Waals surface area contributed by atoms with E-state index in [1.54, 1.807) is 24.3 Å². The van der Waals surface area contributed by atoms with Gasteiger partial charge in [-0.25, -0.2) is 9.59 Å². The Balaban J connectivity index is 2.17. The van der Waals surface area contributed by atoms with Gasteiger partial charge < -0.3 is 9.47 Å². The van der Waals surface area contributed by atoms with E-state index in [0.29, 0.717) is 19.1 Å². The molecule has 1 aromatic rings. The quantitative estimate of drug-likeness (QED) is 0.176. The van der Waals surface area contributed by atoms with Gasteiger partial charge in [-0.2, -0.15) is 0 Å². The van der Waals surface area contributed by atoms with E-state index in [1.165, 1.54) is 64.2 Å². The van der Waals surface area contributed by atoms with Crippen LogP contribution < -0.4 is 0 Å². The number of hydrogen-bond acceptors (Lipinski definition) is 4. The fourth-order valence-corrected chi connectivity index (χ4v) is 3.49. The molecule has 31 heavy (non-hydrogen) atoms. The molecule has 0 N–H and O–H groups in total. The van der Waals surface area contributed by atoms with Crippen molar-refractivity contribution in [3.63, 3.8) is 0 Å². The summed E-state index contributed by atoms with van der Waals surface area (Å²) < 4.78 is 10.7. The molecule has 0 aliphatic heterocycles. The number of ether oxygens (including phenoxy) is 2. The van der Waals surface area contributed by atoms with Crippen LogP contribution in [0.3, 0.4) is 0 Å². The van der Waals surface area contributed by atoms with Crippen molar-refractivity contribution in [1.29, 1.82) is 0 Å². The maximum atomic E-state index is 12.4. The maximum absolute atomic E-state index is 12.4. The molecular formula is C27H44O4. The average Bonchev–Trinajstić information content (AvgIpc) is 2.76. The first-order chi connectivity index (χ1) is 15.1. The van der Waals surface area contributed by atoms with Crippen LogP contribution in [0.1, 0.15) is 125 Å². The molecule has 0 spiro atoms. The van der Waals surface area contributed by atoms with Crippen molar-refractivity contribution in [3.05, 3.63) is 35.4 Å². The van der Waals surface area contributed by atoms with Gasteiger partial charge in [0.05, 0.1) is 24.3 Å². The van der Waals surface area contributed by atoms with Crippen LogP contribution >= 0.6 is 0 Å². The van der Waals surface area contributed by atoms with Gasteiger partial charge >= 0.3 is 11.9 Å². The summed E-state index contributed by atoms with van der Waals surface area (Å²) in [7, 11) is 0. The minimum atomic E-state index is -0.460. The largest absolute Gasteiger partial charge is 0.462 e. The summed E-state index contributed by atoms with van der Waals surface area (Å²) in [4.78, 5) is 24.7. The smallest absolute Gasteiger partial charge is 0.339 e. The second-order valence-electron chi connectivity index (χ2n) is 8.89. The summed E-state index contributed by atoms with van der Waals surface area (Å²) in [6.45, 7) is 7.17. The van der Waals surface area contributed by atoms with Gasteiger partial charge in [-0.05, 0) is 30.9 Å². The van der Waals surface area contributed by atoms with Gasteiger partial charge in [-0.3, -0.25) is 0 Å². The zero-order valence-electron chi connectivity index (χ0n) is 20.1. The zero-order chi connectivity index (χ0) is 22.7. The standard InChI is InChI=1S/C27H44O4/c1-4-5-6-7-8-9-10-11-12-13-14-17-21-30-26(28)24-18-15-16-19-25(24)27(29)31-22-20-23(2)3/h15-16,18-19,23H,4-14,17,20-22H2,1-3H3. The molecule has 0 aliphatic carbocycles. The van der Waals surface area contributed by atoms with E-state index >= 15 is 0 Å². The van der Waals surface area contributed by atoms with E-state index in [-0.39, 0.29) is 11.1 Å². The SMILES string of the molecule is CCCCCCCCCCCCCCOC(=O)c1ccccc1C(=O)OCCC(C)C. The summed E-state index contributed by atoms with van der Waals surface area (Å²) >= 11 is 0. The van der Waals surface area contributed by atoms with Gasteiger partial charge in [-0.1, -0.05) is 104 Å². The zero-order valence-corrected chi connectivity index (χ0v) is 20.1. The Morgan fingerprint density at radius 1 is 0.677 bits per heavy atom. The number of hydrogen-bond donors (Lipinski definition) is 0. The summed E-state index contributed by atoms with van der Waals surface area (Å²) in [5.41, 5.74) is 0.571. The molecule has 0 saturated heterocycles. The second kappa shape index (κ2) is 17.8. The van der Waals surface area contributed by atoms with Crippen LogP contribution in [0, 0.1) is 5.92 Å². The van der Waals surface area contributed by atoms with Gasteiger partial charge in [0.1, 0.15) is 0 Å². The second-order valence-corrected chi connectivity index (χ2v) is 8.89.